The number of hydrogen-bond donors (Lipinski definition) is 0. The molecule has 0 amide bonds. The van der Waals surface area contributed by atoms with Crippen LogP contribution in [0.2, 0.25) is 0 Å². The molecule has 1 atom stereocenters. The monoisotopic (exact) mass is 255 g/mol. The molecule has 0 bridgehead atoms. The van der Waals surface area contributed by atoms with Crippen LogP contribution in [0.25, 0.3) is 0 Å². The largest absolute Gasteiger partial charge is 0.443 e. The topological polar surface area (TPSA) is 26.3 Å². The zero-order chi connectivity index (χ0) is 7.82. The zero-order valence-corrected chi connectivity index (χ0v) is 8.26. The SMILES string of the molecule is CCCCCC(I)O[C]=O. The second kappa shape index (κ2) is 7.31. The molecule has 0 aromatic carbocycles. The summed E-state index contributed by atoms with van der Waals surface area (Å²) in [5.41, 5.74) is 0. The van der Waals surface area contributed by atoms with Crippen molar-refractivity contribution in [2.75, 3.05) is 0 Å². The van der Waals surface area contributed by atoms with Gasteiger partial charge in [-0.25, -0.2) is 4.79 Å². The minimum atomic E-state index is 0.0154. The Morgan fingerprint density at radius 1 is 1.60 bits per heavy atom. The van der Waals surface area contributed by atoms with E-state index in [4.69, 9.17) is 0 Å². The summed E-state index contributed by atoms with van der Waals surface area (Å²) in [5, 5.41) is 0. The molecule has 1 radical (unpaired) electrons. The summed E-state index contributed by atoms with van der Waals surface area (Å²) in [6.07, 6.45) is 4.49. The molecule has 0 aliphatic rings. The van der Waals surface area contributed by atoms with Crippen molar-refractivity contribution in [1.29, 1.82) is 0 Å². The van der Waals surface area contributed by atoms with Crippen molar-refractivity contribution in [2.45, 2.75) is 36.7 Å². The molecule has 0 N–H and O–H groups in total. The van der Waals surface area contributed by atoms with E-state index in [1.807, 2.05) is 0 Å². The van der Waals surface area contributed by atoms with Crippen LogP contribution in [-0.2, 0) is 9.53 Å². The van der Waals surface area contributed by atoms with Crippen LogP contribution < -0.4 is 0 Å². The Kier molecular flexibility index (Phi) is 7.45. The quantitative estimate of drug-likeness (QED) is 0.414. The molecule has 1 unspecified atom stereocenters. The Labute approximate surface area is 75.5 Å². The van der Waals surface area contributed by atoms with Gasteiger partial charge in [-0.15, -0.1) is 0 Å². The Morgan fingerprint density at radius 2 is 2.30 bits per heavy atom. The highest BCUT2D eigenvalue weighted by molar-refractivity contribution is 14.1. The van der Waals surface area contributed by atoms with E-state index in [9.17, 15) is 4.79 Å². The normalized spacial score (nSPS) is 12.6. The van der Waals surface area contributed by atoms with E-state index in [2.05, 4.69) is 34.3 Å². The third-order valence-electron chi connectivity index (χ3n) is 1.21. The number of ether oxygens (including phenoxy) is 1. The number of halogens is 1. The van der Waals surface area contributed by atoms with Crippen molar-refractivity contribution in [1.82, 2.24) is 0 Å². The predicted molar refractivity (Wildman–Crippen MR) is 48.7 cm³/mol. The smallest absolute Gasteiger partial charge is 0.418 e. The van der Waals surface area contributed by atoms with Gasteiger partial charge < -0.3 is 4.74 Å². The molecule has 0 spiro atoms. The lowest BCUT2D eigenvalue weighted by atomic mass is 10.2. The van der Waals surface area contributed by atoms with Gasteiger partial charge in [-0.3, -0.25) is 0 Å². The summed E-state index contributed by atoms with van der Waals surface area (Å²) in [4.78, 5) is 9.70. The van der Waals surface area contributed by atoms with Crippen molar-refractivity contribution in [3.8, 4) is 0 Å². The number of hydrogen-bond acceptors (Lipinski definition) is 2. The molecule has 3 heteroatoms. The van der Waals surface area contributed by atoms with Crippen molar-refractivity contribution in [2.24, 2.45) is 0 Å². The summed E-state index contributed by atoms with van der Waals surface area (Å²) in [6.45, 7) is 3.58. The molecule has 0 aliphatic carbocycles. The van der Waals surface area contributed by atoms with Gasteiger partial charge in [0.05, 0.1) is 0 Å². The first kappa shape index (κ1) is 10.2. The lowest BCUT2D eigenvalue weighted by molar-refractivity contribution is 0.253. The number of carbonyl (C=O) groups excluding carboxylic acids is 1. The van der Waals surface area contributed by atoms with Gasteiger partial charge in [0.2, 0.25) is 0 Å². The molecule has 0 rings (SSSR count). The maximum absolute atomic E-state index is 9.70. The number of unbranched alkanes of at least 4 members (excludes halogenated alkanes) is 2. The van der Waals surface area contributed by atoms with E-state index < -0.39 is 0 Å². The van der Waals surface area contributed by atoms with E-state index in [0.29, 0.717) is 0 Å². The molecule has 2 nitrogen and oxygen atoms in total. The van der Waals surface area contributed by atoms with Crippen molar-refractivity contribution >= 4 is 29.1 Å². The highest BCUT2D eigenvalue weighted by Crippen LogP contribution is 2.11. The molecule has 0 aromatic rings. The van der Waals surface area contributed by atoms with E-state index in [-0.39, 0.29) is 4.11 Å². The van der Waals surface area contributed by atoms with Crippen LogP contribution in [0.15, 0.2) is 0 Å². The van der Waals surface area contributed by atoms with Gasteiger partial charge in [0.25, 0.3) is 0 Å². The van der Waals surface area contributed by atoms with Crippen LogP contribution >= 0.6 is 22.6 Å². The minimum Gasteiger partial charge on any atom is -0.443 e. The van der Waals surface area contributed by atoms with Crippen LogP contribution in [0.5, 0.6) is 0 Å². The second-order valence-electron chi connectivity index (χ2n) is 2.11. The van der Waals surface area contributed by atoms with Gasteiger partial charge in [-0.05, 0) is 35.4 Å². The standard InChI is InChI=1S/C7H12IO2/c1-2-3-4-5-7(8)10-6-9/h7H,2-5H2,1H3. The fraction of sp³-hybridized carbons (Fsp3) is 0.857. The van der Waals surface area contributed by atoms with E-state index in [0.717, 1.165) is 12.8 Å². The number of alkyl halides is 1. The molecular weight excluding hydrogens is 243 g/mol. The van der Waals surface area contributed by atoms with Crippen LogP contribution in [0.3, 0.4) is 0 Å². The maximum atomic E-state index is 9.70. The highest BCUT2D eigenvalue weighted by atomic mass is 127. The Bertz CT molecular complexity index is 85.7. The summed E-state index contributed by atoms with van der Waals surface area (Å²) in [5.74, 6) is 0. The van der Waals surface area contributed by atoms with Crippen LogP contribution in [0.1, 0.15) is 32.6 Å². The molecule has 0 fully saturated rings. The van der Waals surface area contributed by atoms with Gasteiger partial charge in [0.15, 0.2) is 4.11 Å². The Balaban J connectivity index is 3.04. The van der Waals surface area contributed by atoms with Crippen molar-refractivity contribution < 1.29 is 9.53 Å². The summed E-state index contributed by atoms with van der Waals surface area (Å²) >= 11 is 2.10. The van der Waals surface area contributed by atoms with E-state index >= 15 is 0 Å². The summed E-state index contributed by atoms with van der Waals surface area (Å²) < 4.78 is 4.58. The van der Waals surface area contributed by atoms with Crippen molar-refractivity contribution in [3.05, 3.63) is 0 Å². The molecule has 0 saturated carbocycles. The summed E-state index contributed by atoms with van der Waals surface area (Å²) in [7, 11) is 0. The molecular formula is C7H12IO2. The number of rotatable bonds is 6. The second-order valence-corrected chi connectivity index (χ2v) is 3.50. The Morgan fingerprint density at radius 3 is 2.80 bits per heavy atom. The molecule has 10 heavy (non-hydrogen) atoms. The molecule has 0 saturated heterocycles. The van der Waals surface area contributed by atoms with Gasteiger partial charge in [0.1, 0.15) is 0 Å². The van der Waals surface area contributed by atoms with Gasteiger partial charge in [-0.2, -0.15) is 0 Å². The summed E-state index contributed by atoms with van der Waals surface area (Å²) in [6, 6.07) is 0. The van der Waals surface area contributed by atoms with Crippen LogP contribution in [0, 0.1) is 0 Å². The van der Waals surface area contributed by atoms with Crippen LogP contribution in [0.4, 0.5) is 0 Å². The first-order valence-corrected chi connectivity index (χ1v) is 4.72. The first-order valence-electron chi connectivity index (χ1n) is 3.48. The highest BCUT2D eigenvalue weighted by Gasteiger charge is 2.01. The molecule has 0 heterocycles. The lowest BCUT2D eigenvalue weighted by Gasteiger charge is -2.04. The fourth-order valence-corrected chi connectivity index (χ4v) is 1.21. The van der Waals surface area contributed by atoms with Gasteiger partial charge >= 0.3 is 6.47 Å². The Hall–Kier alpha value is 0.200. The minimum absolute atomic E-state index is 0.0154. The van der Waals surface area contributed by atoms with E-state index in [1.54, 1.807) is 0 Å². The lowest BCUT2D eigenvalue weighted by Crippen LogP contribution is -2.01. The third-order valence-corrected chi connectivity index (χ3v) is 2.09. The van der Waals surface area contributed by atoms with E-state index in [1.165, 1.54) is 19.3 Å². The van der Waals surface area contributed by atoms with Gasteiger partial charge in [0, 0.05) is 0 Å². The van der Waals surface area contributed by atoms with Crippen LogP contribution in [-0.4, -0.2) is 10.6 Å². The average Bonchev–Trinajstić information content (AvgIpc) is 1.89. The molecule has 0 aliphatic heterocycles. The predicted octanol–water partition coefficient (Wildman–Crippen LogP) is 2.41. The zero-order valence-electron chi connectivity index (χ0n) is 6.10. The van der Waals surface area contributed by atoms with Gasteiger partial charge in [-0.1, -0.05) is 19.8 Å². The average molecular weight is 255 g/mol. The van der Waals surface area contributed by atoms with Crippen molar-refractivity contribution in [3.63, 3.8) is 0 Å². The maximum Gasteiger partial charge on any atom is 0.418 e. The first-order chi connectivity index (χ1) is 4.81. The third kappa shape index (κ3) is 6.32. The fourth-order valence-electron chi connectivity index (χ4n) is 0.666. The molecule has 0 aromatic heterocycles. The molecule has 59 valence electrons.